The van der Waals surface area contributed by atoms with Crippen molar-refractivity contribution in [3.8, 4) is 0 Å². The van der Waals surface area contributed by atoms with E-state index in [-0.39, 0.29) is 18.6 Å². The van der Waals surface area contributed by atoms with E-state index in [1.165, 1.54) is 11.8 Å². The van der Waals surface area contributed by atoms with E-state index in [1.807, 2.05) is 152 Å². The van der Waals surface area contributed by atoms with E-state index in [0.717, 1.165) is 33.4 Å². The molecule has 77 heavy (non-hydrogen) atoms. The molecule has 1 saturated carbocycles. The minimum Gasteiger partial charge on any atom is -0.481 e. The van der Waals surface area contributed by atoms with E-state index < -0.39 is 87.4 Å². The summed E-state index contributed by atoms with van der Waals surface area (Å²) >= 11 is 3.18. The first-order chi connectivity index (χ1) is 37.0. The number of carbonyl (C=O) groups is 5. The van der Waals surface area contributed by atoms with E-state index in [9.17, 15) is 39.3 Å². The van der Waals surface area contributed by atoms with Crippen molar-refractivity contribution in [1.82, 2.24) is 16.0 Å². The number of thioether (sulfide) groups is 2. The van der Waals surface area contributed by atoms with Crippen LogP contribution in [0.1, 0.15) is 99.1 Å². The summed E-state index contributed by atoms with van der Waals surface area (Å²) in [6.45, 7) is 5.16. The van der Waals surface area contributed by atoms with Gasteiger partial charge in [0.25, 0.3) is 0 Å². The van der Waals surface area contributed by atoms with Crippen molar-refractivity contribution in [2.45, 2.75) is 111 Å². The topological polar surface area (TPSA) is 191 Å². The lowest BCUT2D eigenvalue weighted by Crippen LogP contribution is -2.58. The fourth-order valence-electron chi connectivity index (χ4n) is 9.54. The van der Waals surface area contributed by atoms with Gasteiger partial charge in [0.1, 0.15) is 17.7 Å². The van der Waals surface area contributed by atoms with Gasteiger partial charge >= 0.3 is 11.9 Å². The highest BCUT2D eigenvalue weighted by Crippen LogP contribution is 2.50. The number of aliphatic hydroxyl groups is 2. The number of benzene rings is 6. The third kappa shape index (κ3) is 15.4. The molecule has 0 saturated heterocycles. The molecule has 0 bridgehead atoms. The second-order valence-corrected chi connectivity index (χ2v) is 22.8. The Morgan fingerprint density at radius 2 is 1.00 bits per heavy atom. The summed E-state index contributed by atoms with van der Waals surface area (Å²) in [4.78, 5) is 68.1. The van der Waals surface area contributed by atoms with E-state index >= 15 is 0 Å². The minimum absolute atomic E-state index is 0.0426. The second kappa shape index (κ2) is 26.9. The van der Waals surface area contributed by atoms with Crippen LogP contribution >= 0.6 is 23.5 Å². The van der Waals surface area contributed by atoms with Crippen molar-refractivity contribution in [1.29, 1.82) is 0 Å². The predicted octanol–water partition coefficient (Wildman–Crippen LogP) is 9.71. The van der Waals surface area contributed by atoms with Crippen LogP contribution < -0.4 is 16.0 Å². The maximum Gasteiger partial charge on any atom is 0.306 e. The van der Waals surface area contributed by atoms with E-state index in [4.69, 9.17) is 4.74 Å². The summed E-state index contributed by atoms with van der Waals surface area (Å²) in [6.07, 6.45) is 0.533. The average Bonchev–Trinajstić information content (AvgIpc) is 4.29. The van der Waals surface area contributed by atoms with Crippen LogP contribution in [0.5, 0.6) is 0 Å². The van der Waals surface area contributed by atoms with Gasteiger partial charge in [-0.25, -0.2) is 0 Å². The Kier molecular flexibility index (Phi) is 20.1. The summed E-state index contributed by atoms with van der Waals surface area (Å²) in [6, 6.07) is 57.7. The van der Waals surface area contributed by atoms with Crippen molar-refractivity contribution in [2.75, 3.05) is 11.5 Å². The highest BCUT2D eigenvalue weighted by Gasteiger charge is 2.52. The molecule has 1 aliphatic carbocycles. The lowest BCUT2D eigenvalue weighted by molar-refractivity contribution is -0.155. The molecular formula is C63H69N3O9S2. The zero-order valence-electron chi connectivity index (χ0n) is 43.8. The monoisotopic (exact) mass is 1080 g/mol. The molecule has 6 aromatic rings. The summed E-state index contributed by atoms with van der Waals surface area (Å²) in [5.41, 5.74) is 4.03. The number of allylic oxidation sites excluding steroid dienone is 1. The third-order valence-electron chi connectivity index (χ3n) is 13.4. The lowest BCUT2D eigenvalue weighted by Gasteiger charge is -2.37. The normalized spacial score (nSPS) is 14.8. The minimum atomic E-state index is -1.39. The van der Waals surface area contributed by atoms with Crippen LogP contribution in [0.3, 0.4) is 0 Å². The molecule has 14 heteroatoms. The molecule has 7 rings (SSSR count). The molecule has 12 nitrogen and oxygen atoms in total. The zero-order chi connectivity index (χ0) is 54.9. The number of nitrogens with one attached hydrogen (secondary N) is 3. The Morgan fingerprint density at radius 3 is 1.39 bits per heavy atom. The van der Waals surface area contributed by atoms with Crippen LogP contribution in [-0.4, -0.2) is 91.9 Å². The fraction of sp³-hybridized carbons (Fsp3) is 0.317. The third-order valence-corrected chi connectivity index (χ3v) is 16.6. The molecule has 402 valence electrons. The summed E-state index contributed by atoms with van der Waals surface area (Å²) in [5, 5.41) is 40.3. The van der Waals surface area contributed by atoms with Gasteiger partial charge < -0.3 is 36.0 Å². The van der Waals surface area contributed by atoms with Gasteiger partial charge in [-0.1, -0.05) is 194 Å². The standard InChI is InChI=1S/C63H69N3O9S2/c1-60(2,3)75-57(72)38-37-52(64-55(69)42-51(67)36-22-23-41-76-62(45-24-10-4-11-25-45,46-26-12-5-13-27-46)47-28-14-6-15-29-47)58(73)65-53(59(74)66-61(39-40-61)54(68)43-56(70)71)44-77-63(48-30-16-7-17-31-48,49-32-18-8-19-33-49)50-34-20-9-21-35-50/h4-22,24-36,51-54,67-68H,23,37-44H2,1-3H3,(H,64,69)(H,65,73)(H,66,74)(H,70,71)/b36-22+/t51-,52?,53+,54+/m1/s1. The number of aliphatic carboxylic acids is 1. The highest BCUT2D eigenvalue weighted by molar-refractivity contribution is 8.00. The maximum atomic E-state index is 14.7. The van der Waals surface area contributed by atoms with Crippen molar-refractivity contribution in [2.24, 2.45) is 0 Å². The van der Waals surface area contributed by atoms with Gasteiger partial charge in [0.05, 0.1) is 40.1 Å². The number of carbonyl (C=O) groups excluding carboxylic acids is 4. The molecule has 0 spiro atoms. The first-order valence-electron chi connectivity index (χ1n) is 26.0. The van der Waals surface area contributed by atoms with E-state index in [1.54, 1.807) is 38.6 Å². The number of carboxylic acid groups (broad SMARTS) is 1. The largest absolute Gasteiger partial charge is 0.481 e. The summed E-state index contributed by atoms with van der Waals surface area (Å²) in [7, 11) is 0. The Hall–Kier alpha value is -6.97. The van der Waals surface area contributed by atoms with Gasteiger partial charge in [-0.2, -0.15) is 0 Å². The molecule has 0 aliphatic heterocycles. The van der Waals surface area contributed by atoms with Gasteiger partial charge in [-0.3, -0.25) is 24.0 Å². The Bertz CT molecular complexity index is 2690. The van der Waals surface area contributed by atoms with Crippen LogP contribution in [0, 0.1) is 0 Å². The number of hydrogen-bond acceptors (Lipinski definition) is 10. The molecule has 1 fully saturated rings. The molecule has 6 N–H and O–H groups in total. The van der Waals surface area contributed by atoms with Crippen LogP contribution in [0.25, 0.3) is 0 Å². The maximum absolute atomic E-state index is 14.7. The molecular weight excluding hydrogens is 1010 g/mol. The molecule has 1 aliphatic rings. The molecule has 3 amide bonds. The number of aliphatic hydroxyl groups excluding tert-OH is 2. The first-order valence-corrected chi connectivity index (χ1v) is 28.0. The van der Waals surface area contributed by atoms with Gasteiger partial charge in [0, 0.05) is 12.2 Å². The molecule has 4 atom stereocenters. The highest BCUT2D eigenvalue weighted by atomic mass is 32.2. The molecule has 0 aromatic heterocycles. The predicted molar refractivity (Wildman–Crippen MR) is 305 cm³/mol. The summed E-state index contributed by atoms with van der Waals surface area (Å²) in [5.74, 6) is -3.32. The lowest BCUT2D eigenvalue weighted by atomic mass is 9.84. The number of amides is 3. The van der Waals surface area contributed by atoms with Crippen LogP contribution in [0.15, 0.2) is 194 Å². The van der Waals surface area contributed by atoms with Crippen LogP contribution in [0.2, 0.25) is 0 Å². The number of esters is 1. The second-order valence-electron chi connectivity index (χ2n) is 20.3. The van der Waals surface area contributed by atoms with E-state index in [0.29, 0.717) is 25.0 Å². The quantitative estimate of drug-likeness (QED) is 0.0125. The van der Waals surface area contributed by atoms with Gasteiger partial charge in [-0.15, -0.1) is 23.5 Å². The number of carboxylic acids is 1. The van der Waals surface area contributed by atoms with Crippen LogP contribution in [-0.2, 0) is 38.2 Å². The van der Waals surface area contributed by atoms with Crippen molar-refractivity contribution < 1.29 is 44.0 Å². The molecule has 0 heterocycles. The Balaban J connectivity index is 1.11. The average molecular weight is 1080 g/mol. The smallest absolute Gasteiger partial charge is 0.306 e. The zero-order valence-corrected chi connectivity index (χ0v) is 45.4. The number of rotatable bonds is 27. The van der Waals surface area contributed by atoms with Crippen molar-refractivity contribution >= 4 is 53.2 Å². The van der Waals surface area contributed by atoms with E-state index in [2.05, 4.69) is 52.3 Å². The Labute approximate surface area is 460 Å². The van der Waals surface area contributed by atoms with Crippen LogP contribution in [0.4, 0.5) is 0 Å². The fourth-order valence-corrected chi connectivity index (χ4v) is 12.6. The SMILES string of the molecule is CC(C)(C)OC(=O)CCC(NC(=O)C[C@H](O)/C=C/CCSC(c1ccccc1)(c1ccccc1)c1ccccc1)C(=O)N[C@@H](CSC(c1ccccc1)(c1ccccc1)c1ccccc1)C(=O)NC1([C@@H](O)CC(=O)O)CC1. The van der Waals surface area contributed by atoms with Gasteiger partial charge in [0.2, 0.25) is 17.7 Å². The summed E-state index contributed by atoms with van der Waals surface area (Å²) < 4.78 is 4.11. The Morgan fingerprint density at radius 1 is 0.584 bits per heavy atom. The van der Waals surface area contributed by atoms with Gasteiger partial charge in [0.15, 0.2) is 0 Å². The van der Waals surface area contributed by atoms with Crippen molar-refractivity contribution in [3.63, 3.8) is 0 Å². The molecule has 6 aromatic carbocycles. The number of hydrogen-bond donors (Lipinski definition) is 6. The number of ether oxygens (including phenoxy) is 1. The first kappa shape index (κ1) is 57.7. The molecule has 0 radical (unpaired) electrons. The molecule has 1 unspecified atom stereocenters. The van der Waals surface area contributed by atoms with Crippen molar-refractivity contribution in [3.05, 3.63) is 228 Å². The van der Waals surface area contributed by atoms with Gasteiger partial charge in [-0.05, 0) is 85.6 Å².